The Bertz CT molecular complexity index is 694. The number of rotatable bonds is 2. The van der Waals surface area contributed by atoms with E-state index < -0.39 is 10.0 Å². The minimum absolute atomic E-state index is 0.0228. The quantitative estimate of drug-likeness (QED) is 0.738. The van der Waals surface area contributed by atoms with Gasteiger partial charge in [-0.25, -0.2) is 18.4 Å². The van der Waals surface area contributed by atoms with Crippen LogP contribution in [0.5, 0.6) is 0 Å². The molecule has 0 aliphatic carbocycles. The first-order chi connectivity index (χ1) is 9.07. The predicted octanol–water partition coefficient (Wildman–Crippen LogP) is -1.15. The number of nitrogens with zero attached hydrogens (tertiary/aromatic N) is 6. The molecule has 2 aromatic heterocycles. The predicted molar refractivity (Wildman–Crippen MR) is 64.1 cm³/mol. The summed E-state index contributed by atoms with van der Waals surface area (Å²) in [5, 5.41) is 7.64. The zero-order chi connectivity index (χ0) is 13.5. The van der Waals surface area contributed by atoms with Gasteiger partial charge in [-0.1, -0.05) is 0 Å². The lowest BCUT2D eigenvalue weighted by molar-refractivity contribution is 0.335. The largest absolute Gasteiger partial charge is 0.368 e. The lowest BCUT2D eigenvalue weighted by Gasteiger charge is -2.25. The van der Waals surface area contributed by atoms with Crippen LogP contribution < -0.4 is 5.73 Å². The molecule has 0 fully saturated rings. The molecule has 1 aliphatic rings. The molecule has 0 saturated heterocycles. The van der Waals surface area contributed by atoms with Crippen molar-refractivity contribution < 1.29 is 8.42 Å². The fourth-order valence-corrected chi connectivity index (χ4v) is 3.14. The standard InChI is InChI=1S/C9H11N7O2S/c10-9-11-3-7(4-12-9)19(17,18)16-2-1-15-6-13-14-8(15)5-16/h3-4,6H,1-2,5H2,(H2,10,11,12). The summed E-state index contributed by atoms with van der Waals surface area (Å²) in [4.78, 5) is 7.43. The molecule has 0 spiro atoms. The van der Waals surface area contributed by atoms with Crippen molar-refractivity contribution in [3.05, 3.63) is 24.5 Å². The molecule has 10 heteroatoms. The summed E-state index contributed by atoms with van der Waals surface area (Å²) in [6.07, 6.45) is 4.00. The zero-order valence-electron chi connectivity index (χ0n) is 9.84. The Labute approximate surface area is 109 Å². The van der Waals surface area contributed by atoms with Gasteiger partial charge in [-0.2, -0.15) is 4.31 Å². The average Bonchev–Trinajstić information content (AvgIpc) is 2.86. The van der Waals surface area contributed by atoms with E-state index in [1.165, 1.54) is 16.7 Å². The van der Waals surface area contributed by atoms with Crippen molar-refractivity contribution in [3.63, 3.8) is 0 Å². The minimum atomic E-state index is -3.63. The van der Waals surface area contributed by atoms with Crippen molar-refractivity contribution in [1.82, 2.24) is 29.0 Å². The number of fused-ring (bicyclic) bond motifs is 1. The van der Waals surface area contributed by atoms with Crippen LogP contribution in [0.4, 0.5) is 5.95 Å². The third kappa shape index (κ3) is 2.04. The van der Waals surface area contributed by atoms with E-state index in [0.29, 0.717) is 18.9 Å². The molecule has 0 amide bonds. The fraction of sp³-hybridized carbons (Fsp3) is 0.333. The molecule has 19 heavy (non-hydrogen) atoms. The van der Waals surface area contributed by atoms with Gasteiger partial charge in [0.1, 0.15) is 17.0 Å². The minimum Gasteiger partial charge on any atom is -0.368 e. The summed E-state index contributed by atoms with van der Waals surface area (Å²) in [6.45, 7) is 1.07. The summed E-state index contributed by atoms with van der Waals surface area (Å²) in [6, 6.07) is 0. The van der Waals surface area contributed by atoms with E-state index in [1.54, 1.807) is 6.33 Å². The van der Waals surface area contributed by atoms with Crippen LogP contribution in [0.3, 0.4) is 0 Å². The topological polar surface area (TPSA) is 120 Å². The Hall–Kier alpha value is -2.07. The van der Waals surface area contributed by atoms with Crippen LogP contribution in [0.2, 0.25) is 0 Å². The molecule has 0 aromatic carbocycles. The lowest BCUT2D eigenvalue weighted by Crippen LogP contribution is -2.38. The summed E-state index contributed by atoms with van der Waals surface area (Å²) < 4.78 is 27.9. The van der Waals surface area contributed by atoms with Crippen LogP contribution in [0, 0.1) is 0 Å². The summed E-state index contributed by atoms with van der Waals surface area (Å²) in [5.41, 5.74) is 5.35. The monoisotopic (exact) mass is 281 g/mol. The van der Waals surface area contributed by atoms with Gasteiger partial charge in [0.15, 0.2) is 0 Å². The molecular formula is C9H11N7O2S. The van der Waals surface area contributed by atoms with Crippen LogP contribution in [-0.2, 0) is 23.1 Å². The number of sulfonamides is 1. The molecule has 9 nitrogen and oxygen atoms in total. The van der Waals surface area contributed by atoms with Crippen LogP contribution >= 0.6 is 0 Å². The average molecular weight is 281 g/mol. The third-order valence-electron chi connectivity index (χ3n) is 2.89. The second-order valence-electron chi connectivity index (χ2n) is 4.06. The van der Waals surface area contributed by atoms with Crippen LogP contribution in [0.1, 0.15) is 5.82 Å². The summed E-state index contributed by atoms with van der Waals surface area (Å²) in [5.74, 6) is 0.656. The summed E-state index contributed by atoms with van der Waals surface area (Å²) >= 11 is 0. The number of hydrogen-bond donors (Lipinski definition) is 1. The van der Waals surface area contributed by atoms with Crippen LogP contribution in [0.25, 0.3) is 0 Å². The highest BCUT2D eigenvalue weighted by molar-refractivity contribution is 7.89. The van der Waals surface area contributed by atoms with E-state index >= 15 is 0 Å². The van der Waals surface area contributed by atoms with Crippen molar-refractivity contribution in [2.45, 2.75) is 18.0 Å². The Morgan fingerprint density at radius 3 is 2.68 bits per heavy atom. The first-order valence-corrected chi connectivity index (χ1v) is 6.96. The van der Waals surface area contributed by atoms with Crippen molar-refractivity contribution >= 4 is 16.0 Å². The van der Waals surface area contributed by atoms with Gasteiger partial charge < -0.3 is 10.3 Å². The van der Waals surface area contributed by atoms with Gasteiger partial charge in [-0.05, 0) is 0 Å². The molecule has 0 atom stereocenters. The SMILES string of the molecule is Nc1ncc(S(=O)(=O)N2CCn3cnnc3C2)cn1. The molecule has 3 rings (SSSR count). The van der Waals surface area contributed by atoms with Gasteiger partial charge in [0.05, 0.1) is 18.9 Å². The maximum absolute atomic E-state index is 12.4. The van der Waals surface area contributed by atoms with E-state index in [0.717, 1.165) is 0 Å². The summed E-state index contributed by atoms with van der Waals surface area (Å²) in [7, 11) is -3.63. The molecule has 2 aromatic rings. The van der Waals surface area contributed by atoms with Gasteiger partial charge >= 0.3 is 0 Å². The van der Waals surface area contributed by atoms with Crippen LogP contribution in [0.15, 0.2) is 23.6 Å². The number of anilines is 1. The zero-order valence-corrected chi connectivity index (χ0v) is 10.7. The number of aromatic nitrogens is 5. The fourth-order valence-electron chi connectivity index (χ4n) is 1.86. The molecule has 0 unspecified atom stereocenters. The highest BCUT2D eigenvalue weighted by Crippen LogP contribution is 2.19. The van der Waals surface area contributed by atoms with Gasteiger partial charge in [-0.15, -0.1) is 10.2 Å². The second-order valence-corrected chi connectivity index (χ2v) is 5.99. The van der Waals surface area contributed by atoms with Crippen molar-refractivity contribution in [3.8, 4) is 0 Å². The van der Waals surface area contributed by atoms with E-state index in [-0.39, 0.29) is 17.4 Å². The van der Waals surface area contributed by atoms with Gasteiger partial charge in [0.25, 0.3) is 0 Å². The molecule has 0 radical (unpaired) electrons. The lowest BCUT2D eigenvalue weighted by atomic mass is 10.4. The molecular weight excluding hydrogens is 270 g/mol. The number of nitrogens with two attached hydrogens (primary N) is 1. The normalized spacial score (nSPS) is 16.2. The van der Waals surface area contributed by atoms with Gasteiger partial charge in [0.2, 0.25) is 16.0 Å². The molecule has 1 aliphatic heterocycles. The Kier molecular flexibility index (Phi) is 2.68. The number of hydrogen-bond acceptors (Lipinski definition) is 7. The van der Waals surface area contributed by atoms with E-state index in [4.69, 9.17) is 5.73 Å². The third-order valence-corrected chi connectivity index (χ3v) is 4.69. The van der Waals surface area contributed by atoms with Gasteiger partial charge in [0, 0.05) is 13.1 Å². The Balaban J connectivity index is 1.92. The smallest absolute Gasteiger partial charge is 0.246 e. The van der Waals surface area contributed by atoms with Crippen molar-refractivity contribution in [2.24, 2.45) is 0 Å². The van der Waals surface area contributed by atoms with Crippen LogP contribution in [-0.4, -0.2) is 44.0 Å². The maximum Gasteiger partial charge on any atom is 0.246 e. The molecule has 3 heterocycles. The van der Waals surface area contributed by atoms with E-state index in [9.17, 15) is 8.42 Å². The van der Waals surface area contributed by atoms with E-state index in [1.807, 2.05) is 4.57 Å². The Morgan fingerprint density at radius 2 is 1.95 bits per heavy atom. The number of nitrogen functional groups attached to an aromatic ring is 1. The van der Waals surface area contributed by atoms with E-state index in [2.05, 4.69) is 20.2 Å². The highest BCUT2D eigenvalue weighted by atomic mass is 32.2. The van der Waals surface area contributed by atoms with Crippen molar-refractivity contribution in [1.29, 1.82) is 0 Å². The first kappa shape index (κ1) is 12.0. The molecule has 100 valence electrons. The Morgan fingerprint density at radius 1 is 1.21 bits per heavy atom. The maximum atomic E-state index is 12.4. The molecule has 0 saturated carbocycles. The molecule has 0 bridgehead atoms. The molecule has 2 N–H and O–H groups in total. The van der Waals surface area contributed by atoms with Gasteiger partial charge in [-0.3, -0.25) is 0 Å². The van der Waals surface area contributed by atoms with Crippen molar-refractivity contribution in [2.75, 3.05) is 12.3 Å². The second kappa shape index (κ2) is 4.24. The highest BCUT2D eigenvalue weighted by Gasteiger charge is 2.29. The first-order valence-electron chi connectivity index (χ1n) is 5.52.